The van der Waals surface area contributed by atoms with Crippen molar-refractivity contribution in [2.45, 2.75) is 44.6 Å². The Morgan fingerprint density at radius 2 is 1.90 bits per heavy atom. The van der Waals surface area contributed by atoms with E-state index in [0.29, 0.717) is 5.92 Å². The van der Waals surface area contributed by atoms with Crippen LogP contribution >= 0.6 is 0 Å². The van der Waals surface area contributed by atoms with Gasteiger partial charge < -0.3 is 15.6 Å². The van der Waals surface area contributed by atoms with Crippen LogP contribution in [-0.2, 0) is 0 Å². The van der Waals surface area contributed by atoms with Crippen molar-refractivity contribution in [1.82, 2.24) is 14.9 Å². The average molecular weight is 276 g/mol. The molecule has 2 fully saturated rings. The third-order valence-corrected chi connectivity index (χ3v) is 4.17. The quantitative estimate of drug-likeness (QED) is 0.517. The molecule has 6 nitrogen and oxygen atoms in total. The molecule has 0 aliphatic heterocycles. The molecule has 0 saturated heterocycles. The van der Waals surface area contributed by atoms with E-state index in [9.17, 15) is 0 Å². The molecule has 0 aromatic carbocycles. The summed E-state index contributed by atoms with van der Waals surface area (Å²) >= 11 is 0. The van der Waals surface area contributed by atoms with Crippen molar-refractivity contribution in [1.29, 1.82) is 0 Å². The summed E-state index contributed by atoms with van der Waals surface area (Å²) in [6, 6.07) is 0.798. The molecule has 1 aromatic heterocycles. The van der Waals surface area contributed by atoms with Gasteiger partial charge in [0.25, 0.3) is 0 Å². The zero-order valence-corrected chi connectivity index (χ0v) is 12.3. The van der Waals surface area contributed by atoms with Gasteiger partial charge in [-0.05, 0) is 39.7 Å². The molecule has 3 rings (SSSR count). The number of nitrogen functional groups attached to an aromatic ring is 1. The number of rotatable bonds is 7. The highest BCUT2D eigenvalue weighted by atomic mass is 15.3. The minimum absolute atomic E-state index is 0.525. The van der Waals surface area contributed by atoms with E-state index in [1.54, 1.807) is 0 Å². The number of nitrogens with two attached hydrogens (primary N) is 1. The van der Waals surface area contributed by atoms with Crippen LogP contribution in [-0.4, -0.2) is 41.0 Å². The van der Waals surface area contributed by atoms with Crippen molar-refractivity contribution in [2.75, 3.05) is 30.9 Å². The fourth-order valence-corrected chi connectivity index (χ4v) is 2.42. The Labute approximate surface area is 120 Å². The summed E-state index contributed by atoms with van der Waals surface area (Å²) in [5, 5.41) is 3.44. The fourth-order valence-electron chi connectivity index (χ4n) is 2.42. The second-order valence-electron chi connectivity index (χ2n) is 5.96. The largest absolute Gasteiger partial charge is 0.368 e. The van der Waals surface area contributed by atoms with Gasteiger partial charge in [0.2, 0.25) is 0 Å². The standard InChI is InChI=1S/C14H24N6/c1-9-12(16-7-8-20(2)11-5-6-11)17-14(10-3-4-10)18-13(9)19-15/h10-11H,3-8,15H2,1-2H3,(H2,16,17,18,19). The van der Waals surface area contributed by atoms with Crippen LogP contribution in [0.4, 0.5) is 11.6 Å². The maximum Gasteiger partial charge on any atom is 0.148 e. The van der Waals surface area contributed by atoms with Crippen molar-refractivity contribution < 1.29 is 0 Å². The number of nitrogens with one attached hydrogen (secondary N) is 2. The van der Waals surface area contributed by atoms with Crippen molar-refractivity contribution in [3.8, 4) is 0 Å². The van der Waals surface area contributed by atoms with E-state index in [2.05, 4.69) is 32.7 Å². The summed E-state index contributed by atoms with van der Waals surface area (Å²) in [6.07, 6.45) is 5.07. The van der Waals surface area contributed by atoms with E-state index in [-0.39, 0.29) is 0 Å². The highest BCUT2D eigenvalue weighted by Crippen LogP contribution is 2.39. The van der Waals surface area contributed by atoms with Gasteiger partial charge in [-0.3, -0.25) is 0 Å². The number of hydrogen-bond donors (Lipinski definition) is 3. The molecule has 2 saturated carbocycles. The molecule has 1 heterocycles. The molecular formula is C14H24N6. The van der Waals surface area contributed by atoms with E-state index >= 15 is 0 Å². The van der Waals surface area contributed by atoms with E-state index in [1.165, 1.54) is 25.7 Å². The van der Waals surface area contributed by atoms with Crippen molar-refractivity contribution in [3.05, 3.63) is 11.4 Å². The van der Waals surface area contributed by atoms with Crippen LogP contribution in [0, 0.1) is 6.92 Å². The zero-order valence-electron chi connectivity index (χ0n) is 12.3. The predicted octanol–water partition coefficient (Wildman–Crippen LogP) is 1.45. The number of aromatic nitrogens is 2. The maximum absolute atomic E-state index is 5.56. The minimum atomic E-state index is 0.525. The maximum atomic E-state index is 5.56. The van der Waals surface area contributed by atoms with Gasteiger partial charge in [-0.15, -0.1) is 0 Å². The lowest BCUT2D eigenvalue weighted by molar-refractivity contribution is 0.337. The number of anilines is 2. The van der Waals surface area contributed by atoms with Crippen molar-refractivity contribution >= 4 is 11.6 Å². The SMILES string of the molecule is Cc1c(NN)nc(C2CC2)nc1NCCN(C)C1CC1. The molecule has 20 heavy (non-hydrogen) atoms. The molecule has 4 N–H and O–H groups in total. The van der Waals surface area contributed by atoms with E-state index in [1.807, 2.05) is 6.92 Å². The third-order valence-electron chi connectivity index (χ3n) is 4.17. The summed E-state index contributed by atoms with van der Waals surface area (Å²) in [7, 11) is 2.19. The normalized spacial score (nSPS) is 18.4. The highest BCUT2D eigenvalue weighted by Gasteiger charge is 2.28. The number of likely N-dealkylation sites (N-methyl/N-ethyl adjacent to an activating group) is 1. The molecule has 0 amide bonds. The van der Waals surface area contributed by atoms with E-state index < -0.39 is 0 Å². The van der Waals surface area contributed by atoms with Gasteiger partial charge in [0.1, 0.15) is 17.5 Å². The number of hydrazine groups is 1. The Morgan fingerprint density at radius 1 is 1.20 bits per heavy atom. The Morgan fingerprint density at radius 3 is 2.50 bits per heavy atom. The topological polar surface area (TPSA) is 79.1 Å². The molecule has 0 bridgehead atoms. The number of nitrogens with zero attached hydrogens (tertiary/aromatic N) is 3. The summed E-state index contributed by atoms with van der Waals surface area (Å²) in [5.74, 6) is 8.65. The van der Waals surface area contributed by atoms with E-state index in [0.717, 1.165) is 42.2 Å². The molecule has 110 valence electrons. The second kappa shape index (κ2) is 5.54. The lowest BCUT2D eigenvalue weighted by Gasteiger charge is -2.17. The van der Waals surface area contributed by atoms with Crippen LogP contribution in [0.5, 0.6) is 0 Å². The summed E-state index contributed by atoms with van der Waals surface area (Å²) in [5.41, 5.74) is 3.68. The van der Waals surface area contributed by atoms with Crippen LogP contribution in [0.2, 0.25) is 0 Å². The Kier molecular flexibility index (Phi) is 3.76. The number of hydrogen-bond acceptors (Lipinski definition) is 6. The first kappa shape index (κ1) is 13.6. The van der Waals surface area contributed by atoms with Gasteiger partial charge >= 0.3 is 0 Å². The van der Waals surface area contributed by atoms with E-state index in [4.69, 9.17) is 5.84 Å². The first-order valence-electron chi connectivity index (χ1n) is 7.48. The lowest BCUT2D eigenvalue weighted by atomic mass is 10.3. The molecule has 6 heteroatoms. The second-order valence-corrected chi connectivity index (χ2v) is 5.96. The van der Waals surface area contributed by atoms with Crippen molar-refractivity contribution in [3.63, 3.8) is 0 Å². The zero-order chi connectivity index (χ0) is 14.1. The lowest BCUT2D eigenvalue weighted by Crippen LogP contribution is -2.27. The molecule has 0 unspecified atom stereocenters. The monoisotopic (exact) mass is 276 g/mol. The summed E-state index contributed by atoms with van der Waals surface area (Å²) < 4.78 is 0. The molecule has 0 radical (unpaired) electrons. The highest BCUT2D eigenvalue weighted by molar-refractivity contribution is 5.57. The smallest absolute Gasteiger partial charge is 0.148 e. The van der Waals surface area contributed by atoms with Gasteiger partial charge in [-0.1, -0.05) is 0 Å². The van der Waals surface area contributed by atoms with Crippen molar-refractivity contribution in [2.24, 2.45) is 5.84 Å². The Hall–Kier alpha value is -1.40. The van der Waals surface area contributed by atoms with Crippen LogP contribution in [0.3, 0.4) is 0 Å². The first-order valence-corrected chi connectivity index (χ1v) is 7.48. The Bertz CT molecular complexity index is 481. The Balaban J connectivity index is 1.65. The summed E-state index contributed by atoms with van der Waals surface area (Å²) in [6.45, 7) is 3.94. The molecule has 0 atom stereocenters. The van der Waals surface area contributed by atoms with Crippen LogP contribution < -0.4 is 16.6 Å². The van der Waals surface area contributed by atoms with Gasteiger partial charge in [-0.2, -0.15) is 0 Å². The van der Waals surface area contributed by atoms with Crippen LogP contribution in [0.15, 0.2) is 0 Å². The summed E-state index contributed by atoms with van der Waals surface area (Å²) in [4.78, 5) is 11.6. The molecular weight excluding hydrogens is 252 g/mol. The van der Waals surface area contributed by atoms with Gasteiger partial charge in [0, 0.05) is 30.6 Å². The molecule has 2 aliphatic rings. The fraction of sp³-hybridized carbons (Fsp3) is 0.714. The molecule has 1 aromatic rings. The molecule has 0 spiro atoms. The van der Waals surface area contributed by atoms with Gasteiger partial charge in [-0.25, -0.2) is 15.8 Å². The molecule has 2 aliphatic carbocycles. The predicted molar refractivity (Wildman–Crippen MR) is 80.7 cm³/mol. The van der Waals surface area contributed by atoms with Crippen LogP contribution in [0.1, 0.15) is 43.0 Å². The average Bonchev–Trinajstić information content (AvgIpc) is 3.31. The third kappa shape index (κ3) is 3.02. The first-order chi connectivity index (χ1) is 9.69. The van der Waals surface area contributed by atoms with Gasteiger partial charge in [0.05, 0.1) is 0 Å². The van der Waals surface area contributed by atoms with Gasteiger partial charge in [0.15, 0.2) is 0 Å². The van der Waals surface area contributed by atoms with Crippen LogP contribution in [0.25, 0.3) is 0 Å². The minimum Gasteiger partial charge on any atom is -0.368 e.